The SMILES string of the molecule is C.CC(c1coc(-c2cc(Oc3c(F)cc4[nH]ccc4c3S(C)(=O)=O)ccc2F)n1)c1cccc(CCC=O)c1F. The molecular formula is C30H27F3N2O5S. The van der Waals surface area contributed by atoms with Gasteiger partial charge < -0.3 is 18.9 Å². The van der Waals surface area contributed by atoms with Crippen molar-refractivity contribution in [3.8, 4) is 23.0 Å². The number of halogens is 3. The predicted octanol–water partition coefficient (Wildman–Crippen LogP) is 7.36. The first-order valence-electron chi connectivity index (χ1n) is 12.2. The van der Waals surface area contributed by atoms with Crippen molar-refractivity contribution in [1.82, 2.24) is 9.97 Å². The van der Waals surface area contributed by atoms with Gasteiger partial charge in [0.25, 0.3) is 0 Å². The molecule has 2 aromatic heterocycles. The van der Waals surface area contributed by atoms with Gasteiger partial charge in [0, 0.05) is 41.8 Å². The fraction of sp³-hybridized carbons (Fsp3) is 0.200. The van der Waals surface area contributed by atoms with Gasteiger partial charge in [0.15, 0.2) is 21.4 Å². The molecule has 0 aliphatic carbocycles. The highest BCUT2D eigenvalue weighted by molar-refractivity contribution is 7.91. The zero-order valence-corrected chi connectivity index (χ0v) is 22.2. The van der Waals surface area contributed by atoms with Crippen molar-refractivity contribution >= 4 is 27.0 Å². The van der Waals surface area contributed by atoms with Crippen LogP contribution in [0, 0.1) is 17.5 Å². The van der Waals surface area contributed by atoms with Crippen LogP contribution in [-0.2, 0) is 21.1 Å². The van der Waals surface area contributed by atoms with Gasteiger partial charge in [0.1, 0.15) is 34.8 Å². The molecule has 0 aliphatic rings. The molecule has 0 spiro atoms. The Bertz CT molecular complexity index is 1850. The first-order valence-corrected chi connectivity index (χ1v) is 14.1. The Balaban J connectivity index is 0.00000387. The summed E-state index contributed by atoms with van der Waals surface area (Å²) in [5.41, 5.74) is 1.22. The highest BCUT2D eigenvalue weighted by Crippen LogP contribution is 2.39. The molecular weight excluding hydrogens is 557 g/mol. The topological polar surface area (TPSA) is 102 Å². The Morgan fingerprint density at radius 3 is 2.61 bits per heavy atom. The number of hydrogen-bond acceptors (Lipinski definition) is 6. The largest absolute Gasteiger partial charge is 0.453 e. The summed E-state index contributed by atoms with van der Waals surface area (Å²) in [6, 6.07) is 11.0. The summed E-state index contributed by atoms with van der Waals surface area (Å²) in [6.07, 6.45) is 4.87. The monoisotopic (exact) mass is 584 g/mol. The molecule has 5 rings (SSSR count). The molecule has 5 aromatic rings. The number of carbonyl (C=O) groups excluding carboxylic acids is 1. The van der Waals surface area contributed by atoms with E-state index in [1.807, 2.05) is 0 Å². The number of nitrogens with zero attached hydrogens (tertiary/aromatic N) is 1. The molecule has 0 aliphatic heterocycles. The third-order valence-electron chi connectivity index (χ3n) is 6.55. The highest BCUT2D eigenvalue weighted by atomic mass is 32.2. The van der Waals surface area contributed by atoms with Crippen molar-refractivity contribution in [3.63, 3.8) is 0 Å². The maximum atomic E-state index is 15.1. The number of aromatic nitrogens is 2. The molecule has 0 amide bonds. The number of nitrogens with one attached hydrogen (secondary N) is 1. The molecule has 11 heteroatoms. The fourth-order valence-electron chi connectivity index (χ4n) is 4.55. The van der Waals surface area contributed by atoms with E-state index in [4.69, 9.17) is 9.15 Å². The number of carbonyl (C=O) groups is 1. The highest BCUT2D eigenvalue weighted by Gasteiger charge is 2.25. The smallest absolute Gasteiger partial charge is 0.229 e. The Kier molecular flexibility index (Phi) is 8.39. The first kappa shape index (κ1) is 29.6. The minimum absolute atomic E-state index is 0. The number of oxazole rings is 1. The second-order valence-corrected chi connectivity index (χ2v) is 11.2. The van der Waals surface area contributed by atoms with E-state index in [0.717, 1.165) is 24.7 Å². The van der Waals surface area contributed by atoms with E-state index in [9.17, 15) is 22.0 Å². The predicted molar refractivity (Wildman–Crippen MR) is 148 cm³/mol. The van der Waals surface area contributed by atoms with Gasteiger partial charge in [-0.25, -0.2) is 26.6 Å². The lowest BCUT2D eigenvalue weighted by molar-refractivity contribution is -0.107. The molecule has 0 saturated heterocycles. The summed E-state index contributed by atoms with van der Waals surface area (Å²) in [4.78, 5) is 17.5. The van der Waals surface area contributed by atoms with Gasteiger partial charge in [-0.1, -0.05) is 32.5 Å². The summed E-state index contributed by atoms with van der Waals surface area (Å²) in [7, 11) is -3.93. The minimum atomic E-state index is -3.93. The van der Waals surface area contributed by atoms with Crippen LogP contribution in [0.4, 0.5) is 13.2 Å². The Morgan fingerprint density at radius 1 is 1.10 bits per heavy atom. The van der Waals surface area contributed by atoms with Gasteiger partial charge in [-0.05, 0) is 41.8 Å². The molecule has 214 valence electrons. The number of ether oxygens (including phenoxy) is 1. The van der Waals surface area contributed by atoms with Crippen molar-refractivity contribution in [2.24, 2.45) is 0 Å². The summed E-state index contributed by atoms with van der Waals surface area (Å²) in [5.74, 6) is -3.38. The third kappa shape index (κ3) is 5.76. The van der Waals surface area contributed by atoms with Crippen molar-refractivity contribution in [3.05, 3.63) is 95.3 Å². The van der Waals surface area contributed by atoms with Crippen LogP contribution >= 0.6 is 0 Å². The van der Waals surface area contributed by atoms with E-state index in [-0.39, 0.29) is 53.3 Å². The van der Waals surface area contributed by atoms with E-state index in [2.05, 4.69) is 9.97 Å². The van der Waals surface area contributed by atoms with Crippen molar-refractivity contribution in [1.29, 1.82) is 0 Å². The van der Waals surface area contributed by atoms with Crippen LogP contribution in [-0.4, -0.2) is 30.9 Å². The van der Waals surface area contributed by atoms with Crippen LogP contribution in [0.2, 0.25) is 0 Å². The summed E-state index contributed by atoms with van der Waals surface area (Å²) in [5, 5.41) is 0.245. The number of rotatable bonds is 9. The van der Waals surface area contributed by atoms with Gasteiger partial charge in [-0.3, -0.25) is 0 Å². The fourth-order valence-corrected chi connectivity index (χ4v) is 5.60. The summed E-state index contributed by atoms with van der Waals surface area (Å²) < 4.78 is 81.2. The second kappa shape index (κ2) is 11.6. The number of H-pyrrole nitrogens is 1. The summed E-state index contributed by atoms with van der Waals surface area (Å²) >= 11 is 0. The van der Waals surface area contributed by atoms with Crippen LogP contribution < -0.4 is 4.74 Å². The van der Waals surface area contributed by atoms with E-state index >= 15 is 4.39 Å². The van der Waals surface area contributed by atoms with Crippen LogP contribution in [0.3, 0.4) is 0 Å². The number of aryl methyl sites for hydroxylation is 1. The quantitative estimate of drug-likeness (QED) is 0.182. The first-order chi connectivity index (χ1) is 19.1. The lowest BCUT2D eigenvalue weighted by Crippen LogP contribution is -2.04. The molecule has 0 saturated carbocycles. The molecule has 0 bridgehead atoms. The maximum absolute atomic E-state index is 15.1. The normalized spacial score (nSPS) is 12.2. The lowest BCUT2D eigenvalue weighted by Gasteiger charge is -2.13. The van der Waals surface area contributed by atoms with E-state index in [1.165, 1.54) is 30.7 Å². The van der Waals surface area contributed by atoms with E-state index in [0.29, 0.717) is 16.8 Å². The van der Waals surface area contributed by atoms with Crippen molar-refractivity contribution in [2.75, 3.05) is 6.26 Å². The van der Waals surface area contributed by atoms with Gasteiger partial charge >= 0.3 is 0 Å². The summed E-state index contributed by atoms with van der Waals surface area (Å²) in [6.45, 7) is 1.71. The third-order valence-corrected chi connectivity index (χ3v) is 7.70. The van der Waals surface area contributed by atoms with Crippen LogP contribution in [0.1, 0.15) is 43.5 Å². The Labute approximate surface area is 234 Å². The van der Waals surface area contributed by atoms with Gasteiger partial charge in [-0.15, -0.1) is 0 Å². The standard InChI is InChI=1S/C29H23F3N2O5S.CH4/c1-16(19-7-3-5-17(26(19)32)6-4-12-35)25-15-38-29(34-25)21-13-18(8-9-22(21)30)39-27-23(31)14-24-20(10-11-33-24)28(27)40(2,36)37;/h3,5,7-16,33H,4,6H2,1-2H3;1H4. The van der Waals surface area contributed by atoms with Crippen LogP contribution in [0.25, 0.3) is 22.4 Å². The number of benzene rings is 3. The zero-order chi connectivity index (χ0) is 28.6. The molecule has 2 heterocycles. The number of hydrogen-bond donors (Lipinski definition) is 1. The van der Waals surface area contributed by atoms with E-state index < -0.39 is 39.0 Å². The molecule has 3 aromatic carbocycles. The number of aldehydes is 1. The molecule has 0 radical (unpaired) electrons. The van der Waals surface area contributed by atoms with E-state index in [1.54, 1.807) is 25.1 Å². The second-order valence-electron chi connectivity index (χ2n) is 9.30. The maximum Gasteiger partial charge on any atom is 0.229 e. The molecule has 7 nitrogen and oxygen atoms in total. The van der Waals surface area contributed by atoms with Gasteiger partial charge in [0.2, 0.25) is 5.89 Å². The van der Waals surface area contributed by atoms with Crippen molar-refractivity contribution in [2.45, 2.75) is 38.0 Å². The molecule has 1 atom stereocenters. The minimum Gasteiger partial charge on any atom is -0.453 e. The van der Waals surface area contributed by atoms with Crippen molar-refractivity contribution < 1.29 is 35.5 Å². The molecule has 1 unspecified atom stereocenters. The number of aromatic amines is 1. The lowest BCUT2D eigenvalue weighted by atomic mass is 9.94. The number of fused-ring (bicyclic) bond motifs is 1. The van der Waals surface area contributed by atoms with Gasteiger partial charge in [-0.2, -0.15) is 0 Å². The number of sulfone groups is 1. The average Bonchev–Trinajstić information content (AvgIpc) is 3.58. The average molecular weight is 585 g/mol. The van der Waals surface area contributed by atoms with Crippen LogP contribution in [0.5, 0.6) is 11.5 Å². The zero-order valence-electron chi connectivity index (χ0n) is 21.4. The molecule has 0 fully saturated rings. The van der Waals surface area contributed by atoms with Crippen LogP contribution in [0.15, 0.2) is 70.3 Å². The van der Waals surface area contributed by atoms with Gasteiger partial charge in [0.05, 0.1) is 11.3 Å². The molecule has 1 N–H and O–H groups in total. The Morgan fingerprint density at radius 2 is 1.88 bits per heavy atom. The Hall–Kier alpha value is -4.38. The molecule has 41 heavy (non-hydrogen) atoms.